The van der Waals surface area contributed by atoms with E-state index in [-0.39, 0.29) is 0 Å². The van der Waals surface area contributed by atoms with Crippen molar-refractivity contribution in [2.45, 2.75) is 51.1 Å². The molecular weight excluding hydrogens is 356 g/mol. The number of hydrogen-bond donors (Lipinski definition) is 3. The lowest BCUT2D eigenvalue weighted by Crippen LogP contribution is -2.45. The molecule has 0 unspecified atom stereocenters. The van der Waals surface area contributed by atoms with Crippen LogP contribution in [0.25, 0.3) is 10.9 Å². The maximum absolute atomic E-state index is 5.36. The van der Waals surface area contributed by atoms with Crippen LogP contribution in [0.1, 0.15) is 39.0 Å². The predicted molar refractivity (Wildman–Crippen MR) is 118 cm³/mol. The average Bonchev–Trinajstić information content (AvgIpc) is 2.67. The van der Waals surface area contributed by atoms with E-state index in [0.29, 0.717) is 18.0 Å². The Labute approximate surface area is 167 Å². The zero-order valence-corrected chi connectivity index (χ0v) is 17.3. The molecule has 0 spiro atoms. The fourth-order valence-electron chi connectivity index (χ4n) is 3.50. The number of fused-ring (bicyclic) bond motifs is 1. The van der Waals surface area contributed by atoms with Crippen LogP contribution in [-0.4, -0.2) is 47.8 Å². The summed E-state index contributed by atoms with van der Waals surface area (Å²) in [6, 6.07) is 9.01. The number of anilines is 2. The van der Waals surface area contributed by atoms with Gasteiger partial charge in [-0.25, -0.2) is 4.98 Å². The van der Waals surface area contributed by atoms with Gasteiger partial charge in [-0.3, -0.25) is 0 Å². The summed E-state index contributed by atoms with van der Waals surface area (Å²) in [6.07, 6.45) is 5.45. The van der Waals surface area contributed by atoms with Crippen LogP contribution in [0.5, 0.6) is 0 Å². The molecule has 7 heteroatoms. The molecule has 1 saturated carbocycles. The monoisotopic (exact) mass is 386 g/mol. The predicted octanol–water partition coefficient (Wildman–Crippen LogP) is 3.29. The first-order valence-corrected chi connectivity index (χ1v) is 10.2. The first-order valence-electron chi connectivity index (χ1n) is 9.81. The second-order valence-electron chi connectivity index (χ2n) is 7.38. The summed E-state index contributed by atoms with van der Waals surface area (Å²) in [5.74, 6) is 1.67. The highest BCUT2D eigenvalue weighted by atomic mass is 32.1. The second kappa shape index (κ2) is 9.17. The van der Waals surface area contributed by atoms with Crippen LogP contribution in [0.3, 0.4) is 0 Å². The third-order valence-corrected chi connectivity index (χ3v) is 5.20. The van der Waals surface area contributed by atoms with E-state index in [2.05, 4.69) is 28.9 Å². The fourth-order valence-corrected chi connectivity index (χ4v) is 3.77. The van der Waals surface area contributed by atoms with Crippen molar-refractivity contribution >= 4 is 40.0 Å². The summed E-state index contributed by atoms with van der Waals surface area (Å²) in [5, 5.41) is 12.1. The molecule has 6 nitrogen and oxygen atoms in total. The number of nitrogens with one attached hydrogen (secondary N) is 3. The van der Waals surface area contributed by atoms with Gasteiger partial charge in [0, 0.05) is 38.1 Å². The number of nitrogens with zero attached hydrogens (tertiary/aromatic N) is 3. The fraction of sp³-hybridized carbons (Fsp3) is 0.550. The smallest absolute Gasteiger partial charge is 0.225 e. The van der Waals surface area contributed by atoms with Gasteiger partial charge in [-0.2, -0.15) is 4.98 Å². The van der Waals surface area contributed by atoms with Crippen LogP contribution in [0.2, 0.25) is 0 Å². The van der Waals surface area contributed by atoms with Crippen LogP contribution in [0.15, 0.2) is 24.3 Å². The Kier molecular flexibility index (Phi) is 6.66. The molecule has 1 aromatic heterocycles. The minimum atomic E-state index is 0.399. The van der Waals surface area contributed by atoms with Gasteiger partial charge >= 0.3 is 0 Å². The molecule has 0 bridgehead atoms. The summed E-state index contributed by atoms with van der Waals surface area (Å²) in [7, 11) is 4.04. The van der Waals surface area contributed by atoms with E-state index in [1.807, 2.05) is 37.2 Å². The number of thiocarbonyl (C=S) groups is 1. The largest absolute Gasteiger partial charge is 0.363 e. The van der Waals surface area contributed by atoms with Crippen molar-refractivity contribution in [3.63, 3.8) is 0 Å². The van der Waals surface area contributed by atoms with Gasteiger partial charge in [0.05, 0.1) is 5.52 Å². The summed E-state index contributed by atoms with van der Waals surface area (Å²) in [6.45, 7) is 3.07. The van der Waals surface area contributed by atoms with Crippen LogP contribution in [0.4, 0.5) is 11.8 Å². The van der Waals surface area contributed by atoms with Crippen molar-refractivity contribution < 1.29 is 0 Å². The van der Waals surface area contributed by atoms with Gasteiger partial charge in [0.15, 0.2) is 5.11 Å². The summed E-state index contributed by atoms with van der Waals surface area (Å²) in [5.41, 5.74) is 0.974. The molecule has 146 valence electrons. The number of aromatic nitrogens is 2. The van der Waals surface area contributed by atoms with E-state index in [9.17, 15) is 0 Å². The lowest BCUT2D eigenvalue weighted by atomic mass is 9.91. The van der Waals surface area contributed by atoms with Gasteiger partial charge in [-0.15, -0.1) is 0 Å². The van der Waals surface area contributed by atoms with E-state index in [0.717, 1.165) is 60.5 Å². The number of para-hydroxylation sites is 1. The minimum absolute atomic E-state index is 0.399. The molecule has 0 aliphatic heterocycles. The number of hydrogen-bond acceptors (Lipinski definition) is 5. The normalized spacial score (nSPS) is 19.5. The molecule has 1 aromatic carbocycles. The molecule has 0 atom stereocenters. The first-order chi connectivity index (χ1) is 13.1. The molecule has 3 rings (SSSR count). The molecule has 1 aliphatic rings. The van der Waals surface area contributed by atoms with Crippen molar-refractivity contribution in [1.82, 2.24) is 20.6 Å². The summed E-state index contributed by atoms with van der Waals surface area (Å²) >= 11 is 5.36. The Balaban J connectivity index is 1.60. The highest BCUT2D eigenvalue weighted by Gasteiger charge is 2.22. The van der Waals surface area contributed by atoms with E-state index >= 15 is 0 Å². The van der Waals surface area contributed by atoms with E-state index < -0.39 is 0 Å². The third kappa shape index (κ3) is 5.19. The third-order valence-electron chi connectivity index (χ3n) is 4.94. The molecule has 1 aliphatic carbocycles. The van der Waals surface area contributed by atoms with Gasteiger partial charge < -0.3 is 20.9 Å². The zero-order chi connectivity index (χ0) is 19.2. The van der Waals surface area contributed by atoms with Crippen molar-refractivity contribution in [3.8, 4) is 0 Å². The summed E-state index contributed by atoms with van der Waals surface area (Å²) in [4.78, 5) is 11.5. The molecule has 0 radical (unpaired) electrons. The van der Waals surface area contributed by atoms with Crippen LogP contribution in [0, 0.1) is 0 Å². The van der Waals surface area contributed by atoms with Gasteiger partial charge in [0.25, 0.3) is 0 Å². The van der Waals surface area contributed by atoms with Gasteiger partial charge in [-0.1, -0.05) is 19.1 Å². The van der Waals surface area contributed by atoms with Crippen molar-refractivity contribution in [2.75, 3.05) is 30.9 Å². The van der Waals surface area contributed by atoms with E-state index in [1.54, 1.807) is 0 Å². The molecule has 0 saturated heterocycles. The minimum Gasteiger partial charge on any atom is -0.363 e. The molecule has 0 amide bonds. The van der Waals surface area contributed by atoms with Crippen LogP contribution >= 0.6 is 12.2 Å². The highest BCUT2D eigenvalue weighted by molar-refractivity contribution is 7.80. The lowest BCUT2D eigenvalue weighted by molar-refractivity contribution is 0.385. The van der Waals surface area contributed by atoms with Gasteiger partial charge in [-0.05, 0) is 56.5 Å². The van der Waals surface area contributed by atoms with Crippen molar-refractivity contribution in [3.05, 3.63) is 24.3 Å². The van der Waals surface area contributed by atoms with Crippen LogP contribution < -0.4 is 20.9 Å². The standard InChI is InChI=1S/C20H30N6S/c1-4-13-21-20(27)23-15-11-9-14(10-12-15)22-19-24-17-8-6-5-7-16(17)18(25-19)26(2)3/h5-8,14-15H,4,9-13H2,1-3H3,(H2,21,23,27)(H,22,24,25)/t14-,15+. The lowest BCUT2D eigenvalue weighted by Gasteiger charge is -2.30. The maximum Gasteiger partial charge on any atom is 0.225 e. The topological polar surface area (TPSA) is 65.1 Å². The number of benzene rings is 1. The molecular formula is C20H30N6S. The van der Waals surface area contributed by atoms with Gasteiger partial charge in [0.1, 0.15) is 5.82 Å². The Morgan fingerprint density at radius 1 is 1.11 bits per heavy atom. The Morgan fingerprint density at radius 2 is 1.81 bits per heavy atom. The quantitative estimate of drug-likeness (QED) is 0.658. The molecule has 1 heterocycles. The number of rotatable bonds is 6. The second-order valence-corrected chi connectivity index (χ2v) is 7.78. The Bertz CT molecular complexity index is 770. The average molecular weight is 387 g/mol. The zero-order valence-electron chi connectivity index (χ0n) is 16.5. The summed E-state index contributed by atoms with van der Waals surface area (Å²) < 4.78 is 0. The SMILES string of the molecule is CCCNC(=S)N[C@H]1CC[C@@H](Nc2nc(N(C)C)c3ccccc3n2)CC1. The first kappa shape index (κ1) is 19.6. The van der Waals surface area contributed by atoms with Crippen molar-refractivity contribution in [2.24, 2.45) is 0 Å². The molecule has 2 aromatic rings. The molecule has 3 N–H and O–H groups in total. The molecule has 1 fully saturated rings. The maximum atomic E-state index is 5.36. The van der Waals surface area contributed by atoms with Gasteiger partial charge in [0.2, 0.25) is 5.95 Å². The van der Waals surface area contributed by atoms with E-state index in [4.69, 9.17) is 22.2 Å². The Morgan fingerprint density at radius 3 is 2.52 bits per heavy atom. The Hall–Kier alpha value is -2.15. The highest BCUT2D eigenvalue weighted by Crippen LogP contribution is 2.26. The van der Waals surface area contributed by atoms with Crippen LogP contribution in [-0.2, 0) is 0 Å². The molecule has 27 heavy (non-hydrogen) atoms. The van der Waals surface area contributed by atoms with Crippen molar-refractivity contribution in [1.29, 1.82) is 0 Å². The van der Waals surface area contributed by atoms with E-state index in [1.165, 1.54) is 0 Å².